The van der Waals surface area contributed by atoms with E-state index < -0.39 is 0 Å². The number of benzene rings is 1. The van der Waals surface area contributed by atoms with Gasteiger partial charge in [0, 0.05) is 0 Å². The lowest BCUT2D eigenvalue weighted by Gasteiger charge is -2.39. The lowest BCUT2D eigenvalue weighted by molar-refractivity contribution is 0.241. The third-order valence-electron chi connectivity index (χ3n) is 4.33. The van der Waals surface area contributed by atoms with Crippen molar-refractivity contribution >= 4 is 0 Å². The van der Waals surface area contributed by atoms with Crippen molar-refractivity contribution in [2.75, 3.05) is 20.6 Å². The van der Waals surface area contributed by atoms with Gasteiger partial charge in [0.1, 0.15) is 5.75 Å². The van der Waals surface area contributed by atoms with Gasteiger partial charge in [-0.15, -0.1) is 0 Å². The van der Waals surface area contributed by atoms with Gasteiger partial charge in [0.05, 0.1) is 0 Å². The summed E-state index contributed by atoms with van der Waals surface area (Å²) in [6, 6.07) is 7.91. The maximum Gasteiger partial charge on any atom is 0.115 e. The van der Waals surface area contributed by atoms with E-state index in [1.807, 2.05) is 12.1 Å². The number of hydrogen-bond donors (Lipinski definition) is 1. The molecular weight excluding hydrogens is 222 g/mol. The number of phenolic OH excluding ortho intramolecular Hbond substituents is 1. The summed E-state index contributed by atoms with van der Waals surface area (Å²) in [5.41, 5.74) is 1.76. The van der Waals surface area contributed by atoms with E-state index in [0.29, 0.717) is 11.2 Å². The van der Waals surface area contributed by atoms with E-state index in [1.165, 1.54) is 44.1 Å². The highest BCUT2D eigenvalue weighted by molar-refractivity contribution is 5.32. The van der Waals surface area contributed by atoms with Crippen molar-refractivity contribution < 1.29 is 5.11 Å². The van der Waals surface area contributed by atoms with Gasteiger partial charge in [0.15, 0.2) is 0 Å². The average Bonchev–Trinajstić information content (AvgIpc) is 2.38. The largest absolute Gasteiger partial charge is 0.508 e. The van der Waals surface area contributed by atoms with E-state index in [1.54, 1.807) is 0 Å². The molecule has 0 bridgehead atoms. The maximum absolute atomic E-state index is 9.45. The summed E-state index contributed by atoms with van der Waals surface area (Å²) >= 11 is 0. The fraction of sp³-hybridized carbons (Fsp3) is 0.625. The lowest BCUT2D eigenvalue weighted by Crippen LogP contribution is -2.32. The number of phenols is 1. The Morgan fingerprint density at radius 3 is 2.22 bits per heavy atom. The third kappa shape index (κ3) is 3.05. The molecule has 1 aromatic rings. The summed E-state index contributed by atoms with van der Waals surface area (Å²) in [5.74, 6) is 0.373. The Kier molecular flexibility index (Phi) is 4.28. The first-order chi connectivity index (χ1) is 8.62. The highest BCUT2D eigenvalue weighted by atomic mass is 16.3. The molecule has 0 saturated heterocycles. The average molecular weight is 247 g/mol. The van der Waals surface area contributed by atoms with Crippen LogP contribution >= 0.6 is 0 Å². The molecule has 1 fully saturated rings. The first-order valence-electron chi connectivity index (χ1n) is 7.07. The number of aromatic hydroxyl groups is 1. The number of nitrogens with zero attached hydrogens (tertiary/aromatic N) is 1. The summed E-state index contributed by atoms with van der Waals surface area (Å²) in [6.07, 6.45) is 7.88. The van der Waals surface area contributed by atoms with Crippen LogP contribution < -0.4 is 0 Å². The van der Waals surface area contributed by atoms with Crippen molar-refractivity contribution in [1.82, 2.24) is 4.90 Å². The van der Waals surface area contributed by atoms with Crippen LogP contribution in [0, 0.1) is 0 Å². The van der Waals surface area contributed by atoms with Gasteiger partial charge in [-0.3, -0.25) is 0 Å². The second kappa shape index (κ2) is 5.75. The summed E-state index contributed by atoms with van der Waals surface area (Å²) in [5, 5.41) is 9.45. The molecular formula is C16H25NO. The summed E-state index contributed by atoms with van der Waals surface area (Å²) in [7, 11) is 4.29. The predicted molar refractivity (Wildman–Crippen MR) is 76.0 cm³/mol. The van der Waals surface area contributed by atoms with E-state index in [9.17, 15) is 5.11 Å². The third-order valence-corrected chi connectivity index (χ3v) is 4.33. The van der Waals surface area contributed by atoms with Crippen molar-refractivity contribution in [3.05, 3.63) is 29.8 Å². The highest BCUT2D eigenvalue weighted by Crippen LogP contribution is 2.42. The topological polar surface area (TPSA) is 23.5 Å². The Hall–Kier alpha value is -1.02. The van der Waals surface area contributed by atoms with Crippen molar-refractivity contribution in [3.8, 4) is 5.75 Å². The zero-order chi connectivity index (χ0) is 13.0. The molecule has 2 rings (SSSR count). The Morgan fingerprint density at radius 2 is 1.67 bits per heavy atom. The molecule has 0 aliphatic heterocycles. The molecule has 100 valence electrons. The molecule has 0 atom stereocenters. The molecule has 18 heavy (non-hydrogen) atoms. The van der Waals surface area contributed by atoms with E-state index in [4.69, 9.17) is 0 Å². The molecule has 2 heteroatoms. The molecule has 1 aliphatic rings. The van der Waals surface area contributed by atoms with Crippen molar-refractivity contribution in [2.24, 2.45) is 0 Å². The first kappa shape index (κ1) is 13.4. The molecule has 1 aliphatic carbocycles. The van der Waals surface area contributed by atoms with Crippen LogP contribution in [0.25, 0.3) is 0 Å². The van der Waals surface area contributed by atoms with Gasteiger partial charge in [0.25, 0.3) is 0 Å². The van der Waals surface area contributed by atoms with Crippen LogP contribution in [0.5, 0.6) is 5.75 Å². The Morgan fingerprint density at radius 1 is 1.06 bits per heavy atom. The van der Waals surface area contributed by atoms with E-state index in [0.717, 1.165) is 6.54 Å². The predicted octanol–water partition coefficient (Wildman–Crippen LogP) is 3.55. The van der Waals surface area contributed by atoms with Gasteiger partial charge < -0.3 is 10.0 Å². The van der Waals surface area contributed by atoms with Gasteiger partial charge in [-0.05, 0) is 63.0 Å². The fourth-order valence-electron chi connectivity index (χ4n) is 3.16. The summed E-state index contributed by atoms with van der Waals surface area (Å²) < 4.78 is 0. The van der Waals surface area contributed by atoms with Crippen LogP contribution in [0.1, 0.15) is 44.1 Å². The zero-order valence-corrected chi connectivity index (χ0v) is 11.7. The molecule has 0 heterocycles. The van der Waals surface area contributed by atoms with E-state index in [-0.39, 0.29) is 0 Å². The minimum atomic E-state index is 0.343. The molecule has 0 unspecified atom stereocenters. The maximum atomic E-state index is 9.45. The van der Waals surface area contributed by atoms with Gasteiger partial charge in [-0.1, -0.05) is 31.4 Å². The van der Waals surface area contributed by atoms with Crippen LogP contribution in [-0.4, -0.2) is 30.6 Å². The van der Waals surface area contributed by atoms with E-state index >= 15 is 0 Å². The standard InChI is InChI=1S/C16H25NO/c1-17(2)13-12-16(10-4-3-5-11-16)14-6-8-15(18)9-7-14/h6-9,18H,3-5,10-13H2,1-2H3. The zero-order valence-electron chi connectivity index (χ0n) is 11.7. The van der Waals surface area contributed by atoms with Crippen LogP contribution in [0.2, 0.25) is 0 Å². The second-order valence-electron chi connectivity index (χ2n) is 5.94. The molecule has 1 N–H and O–H groups in total. The molecule has 1 saturated carbocycles. The molecule has 0 radical (unpaired) electrons. The molecule has 2 nitrogen and oxygen atoms in total. The Bertz CT molecular complexity index is 363. The van der Waals surface area contributed by atoms with Crippen molar-refractivity contribution in [3.63, 3.8) is 0 Å². The minimum absolute atomic E-state index is 0.343. The lowest BCUT2D eigenvalue weighted by atomic mass is 9.67. The van der Waals surface area contributed by atoms with Crippen LogP contribution in [0.15, 0.2) is 24.3 Å². The molecule has 0 aromatic heterocycles. The van der Waals surface area contributed by atoms with Gasteiger partial charge >= 0.3 is 0 Å². The summed E-state index contributed by atoms with van der Waals surface area (Å²) in [6.45, 7) is 1.14. The van der Waals surface area contributed by atoms with Crippen LogP contribution in [0.4, 0.5) is 0 Å². The summed E-state index contributed by atoms with van der Waals surface area (Å²) in [4.78, 5) is 2.27. The normalized spacial score (nSPS) is 19.1. The Labute approximate surface area is 111 Å². The van der Waals surface area contributed by atoms with Gasteiger partial charge in [-0.25, -0.2) is 0 Å². The minimum Gasteiger partial charge on any atom is -0.508 e. The molecule has 0 spiro atoms. The number of hydrogen-bond acceptors (Lipinski definition) is 2. The van der Waals surface area contributed by atoms with Crippen LogP contribution in [0.3, 0.4) is 0 Å². The molecule has 0 amide bonds. The van der Waals surface area contributed by atoms with Gasteiger partial charge in [-0.2, -0.15) is 0 Å². The fourth-order valence-corrected chi connectivity index (χ4v) is 3.16. The second-order valence-corrected chi connectivity index (χ2v) is 5.94. The monoisotopic (exact) mass is 247 g/mol. The quantitative estimate of drug-likeness (QED) is 0.879. The molecule has 1 aromatic carbocycles. The Balaban J connectivity index is 2.20. The first-order valence-corrected chi connectivity index (χ1v) is 7.07. The van der Waals surface area contributed by atoms with Gasteiger partial charge in [0.2, 0.25) is 0 Å². The highest BCUT2D eigenvalue weighted by Gasteiger charge is 2.33. The van der Waals surface area contributed by atoms with Crippen molar-refractivity contribution in [1.29, 1.82) is 0 Å². The van der Waals surface area contributed by atoms with Crippen molar-refractivity contribution in [2.45, 2.75) is 43.9 Å². The SMILES string of the molecule is CN(C)CCC1(c2ccc(O)cc2)CCCCC1. The van der Waals surface area contributed by atoms with Crippen LogP contribution in [-0.2, 0) is 5.41 Å². The number of rotatable bonds is 4. The van der Waals surface area contributed by atoms with E-state index in [2.05, 4.69) is 31.1 Å². The smallest absolute Gasteiger partial charge is 0.115 e.